The zero-order chi connectivity index (χ0) is 13.8. The lowest BCUT2D eigenvalue weighted by atomic mass is 9.98. The van der Waals surface area contributed by atoms with Gasteiger partial charge in [0.2, 0.25) is 0 Å². The fraction of sp³-hybridized carbons (Fsp3) is 0.667. The Labute approximate surface area is 123 Å². The van der Waals surface area contributed by atoms with Gasteiger partial charge in [-0.25, -0.2) is 0 Å². The minimum atomic E-state index is 0.642. The Balaban J connectivity index is 1.63. The maximum atomic E-state index is 3.67. The number of nitrogens with zero attached hydrogens (tertiary/aromatic N) is 1. The van der Waals surface area contributed by atoms with Crippen molar-refractivity contribution in [1.29, 1.82) is 0 Å². The van der Waals surface area contributed by atoms with E-state index in [0.29, 0.717) is 12.1 Å². The Morgan fingerprint density at radius 1 is 1.15 bits per heavy atom. The van der Waals surface area contributed by atoms with Crippen LogP contribution in [0.5, 0.6) is 0 Å². The van der Waals surface area contributed by atoms with Crippen molar-refractivity contribution in [3.8, 4) is 0 Å². The lowest BCUT2D eigenvalue weighted by Crippen LogP contribution is -2.57. The second-order valence-corrected chi connectivity index (χ2v) is 6.76. The first kappa shape index (κ1) is 14.1. The highest BCUT2D eigenvalue weighted by molar-refractivity contribution is 5.16. The summed E-state index contributed by atoms with van der Waals surface area (Å²) < 4.78 is 0. The molecule has 2 atom stereocenters. The van der Waals surface area contributed by atoms with E-state index in [4.69, 9.17) is 0 Å². The summed E-state index contributed by atoms with van der Waals surface area (Å²) in [5, 5.41) is 3.67. The third-order valence-electron chi connectivity index (χ3n) is 5.01. The molecule has 1 aliphatic heterocycles. The van der Waals surface area contributed by atoms with Gasteiger partial charge in [0.25, 0.3) is 0 Å². The minimum Gasteiger partial charge on any atom is -0.311 e. The van der Waals surface area contributed by atoms with Gasteiger partial charge in [-0.15, -0.1) is 0 Å². The molecule has 1 saturated carbocycles. The summed E-state index contributed by atoms with van der Waals surface area (Å²) in [7, 11) is 0. The average molecular weight is 272 g/mol. The van der Waals surface area contributed by atoms with Crippen LogP contribution in [0.1, 0.15) is 38.2 Å². The Kier molecular flexibility index (Phi) is 4.74. The molecule has 0 aromatic heterocycles. The molecule has 1 aliphatic carbocycles. The molecule has 1 aromatic rings. The van der Waals surface area contributed by atoms with Crippen LogP contribution in [-0.2, 0) is 6.42 Å². The number of benzene rings is 1. The molecule has 2 fully saturated rings. The van der Waals surface area contributed by atoms with Gasteiger partial charge >= 0.3 is 0 Å². The summed E-state index contributed by atoms with van der Waals surface area (Å²) in [5.74, 6) is 0.957. The summed E-state index contributed by atoms with van der Waals surface area (Å²) in [4.78, 5) is 2.77. The van der Waals surface area contributed by atoms with E-state index >= 15 is 0 Å². The van der Waals surface area contributed by atoms with Gasteiger partial charge in [-0.05, 0) is 37.7 Å². The minimum absolute atomic E-state index is 0.642. The predicted molar refractivity (Wildman–Crippen MR) is 84.9 cm³/mol. The number of rotatable bonds is 4. The van der Waals surface area contributed by atoms with Gasteiger partial charge in [0, 0.05) is 31.7 Å². The second kappa shape index (κ2) is 6.73. The predicted octanol–water partition coefficient (Wildman–Crippen LogP) is 3.08. The molecule has 1 N–H and O–H groups in total. The quantitative estimate of drug-likeness (QED) is 0.906. The highest BCUT2D eigenvalue weighted by atomic mass is 15.2. The smallest absolute Gasteiger partial charge is 0.0261 e. The Bertz CT molecular complexity index is 397. The van der Waals surface area contributed by atoms with Crippen molar-refractivity contribution in [2.24, 2.45) is 5.92 Å². The summed E-state index contributed by atoms with van der Waals surface area (Å²) in [5.41, 5.74) is 1.48. The van der Waals surface area contributed by atoms with Crippen LogP contribution >= 0.6 is 0 Å². The molecule has 1 saturated heterocycles. The summed E-state index contributed by atoms with van der Waals surface area (Å²) in [6.45, 7) is 6.00. The van der Waals surface area contributed by atoms with E-state index in [-0.39, 0.29) is 0 Å². The average Bonchev–Trinajstić information content (AvgIpc) is 2.96. The van der Waals surface area contributed by atoms with Crippen molar-refractivity contribution >= 4 is 0 Å². The van der Waals surface area contributed by atoms with Crippen molar-refractivity contribution in [3.63, 3.8) is 0 Å². The highest BCUT2D eigenvalue weighted by Crippen LogP contribution is 2.27. The van der Waals surface area contributed by atoms with E-state index in [2.05, 4.69) is 47.5 Å². The van der Waals surface area contributed by atoms with Gasteiger partial charge in [0.05, 0.1) is 0 Å². The van der Waals surface area contributed by atoms with Gasteiger partial charge in [0.1, 0.15) is 0 Å². The van der Waals surface area contributed by atoms with Crippen molar-refractivity contribution in [2.75, 3.05) is 19.6 Å². The number of nitrogens with one attached hydrogen (secondary N) is 1. The SMILES string of the molecule is CC1CN(CC2CCCC2)C(Cc2ccccc2)CN1. The molecule has 2 aliphatic rings. The summed E-state index contributed by atoms with van der Waals surface area (Å²) >= 11 is 0. The van der Waals surface area contributed by atoms with Crippen LogP contribution in [0.3, 0.4) is 0 Å². The van der Waals surface area contributed by atoms with E-state index in [1.165, 1.54) is 50.8 Å². The normalized spacial score (nSPS) is 28.9. The van der Waals surface area contributed by atoms with Crippen molar-refractivity contribution in [3.05, 3.63) is 35.9 Å². The molecule has 3 rings (SSSR count). The van der Waals surface area contributed by atoms with Crippen LogP contribution in [-0.4, -0.2) is 36.6 Å². The Morgan fingerprint density at radius 2 is 1.90 bits per heavy atom. The number of piperazine rings is 1. The molecular formula is C18H28N2. The van der Waals surface area contributed by atoms with Crippen molar-refractivity contribution in [1.82, 2.24) is 10.2 Å². The van der Waals surface area contributed by atoms with Crippen LogP contribution in [0.25, 0.3) is 0 Å². The molecule has 110 valence electrons. The maximum Gasteiger partial charge on any atom is 0.0261 e. The second-order valence-electron chi connectivity index (χ2n) is 6.76. The summed E-state index contributed by atoms with van der Waals surface area (Å²) in [6.07, 6.45) is 7.01. The van der Waals surface area contributed by atoms with Crippen LogP contribution in [0, 0.1) is 5.92 Å². The maximum absolute atomic E-state index is 3.67. The van der Waals surface area contributed by atoms with Gasteiger partial charge < -0.3 is 5.32 Å². The molecule has 2 unspecified atom stereocenters. The fourth-order valence-electron chi connectivity index (χ4n) is 3.87. The molecule has 1 aromatic carbocycles. The fourth-order valence-corrected chi connectivity index (χ4v) is 3.87. The van der Waals surface area contributed by atoms with Crippen LogP contribution in [0.15, 0.2) is 30.3 Å². The highest BCUT2D eigenvalue weighted by Gasteiger charge is 2.28. The third kappa shape index (κ3) is 3.62. The lowest BCUT2D eigenvalue weighted by molar-refractivity contribution is 0.114. The molecule has 20 heavy (non-hydrogen) atoms. The largest absolute Gasteiger partial charge is 0.311 e. The molecule has 1 heterocycles. The molecular weight excluding hydrogens is 244 g/mol. The molecule has 0 spiro atoms. The van der Waals surface area contributed by atoms with E-state index in [1.54, 1.807) is 0 Å². The van der Waals surface area contributed by atoms with E-state index in [0.717, 1.165) is 12.5 Å². The lowest BCUT2D eigenvalue weighted by Gasteiger charge is -2.41. The van der Waals surface area contributed by atoms with Crippen molar-refractivity contribution < 1.29 is 0 Å². The van der Waals surface area contributed by atoms with E-state index in [1.807, 2.05) is 0 Å². The van der Waals surface area contributed by atoms with Gasteiger partial charge in [-0.2, -0.15) is 0 Å². The van der Waals surface area contributed by atoms with Gasteiger partial charge in [0.15, 0.2) is 0 Å². The first-order chi connectivity index (χ1) is 9.81. The number of hydrogen-bond acceptors (Lipinski definition) is 2. The zero-order valence-corrected chi connectivity index (χ0v) is 12.7. The topological polar surface area (TPSA) is 15.3 Å². The van der Waals surface area contributed by atoms with Gasteiger partial charge in [-0.3, -0.25) is 4.90 Å². The third-order valence-corrected chi connectivity index (χ3v) is 5.01. The van der Waals surface area contributed by atoms with Crippen LogP contribution in [0.4, 0.5) is 0 Å². The van der Waals surface area contributed by atoms with E-state index in [9.17, 15) is 0 Å². The first-order valence-electron chi connectivity index (χ1n) is 8.32. The standard InChI is InChI=1S/C18H28N2/c1-15-13-20(14-17-9-5-6-10-17)18(12-19-15)11-16-7-3-2-4-8-16/h2-4,7-8,15,17-19H,5-6,9-14H2,1H3. The first-order valence-corrected chi connectivity index (χ1v) is 8.32. The van der Waals surface area contributed by atoms with Gasteiger partial charge in [-0.1, -0.05) is 43.2 Å². The van der Waals surface area contributed by atoms with Crippen molar-refractivity contribution in [2.45, 2.75) is 51.1 Å². The molecule has 0 amide bonds. The molecule has 0 radical (unpaired) electrons. The molecule has 2 heteroatoms. The van der Waals surface area contributed by atoms with E-state index < -0.39 is 0 Å². The zero-order valence-electron chi connectivity index (χ0n) is 12.7. The number of hydrogen-bond donors (Lipinski definition) is 1. The Morgan fingerprint density at radius 3 is 2.65 bits per heavy atom. The summed E-state index contributed by atoms with van der Waals surface area (Å²) in [6, 6.07) is 12.3. The van der Waals surface area contributed by atoms with Crippen LogP contribution in [0.2, 0.25) is 0 Å². The van der Waals surface area contributed by atoms with Crippen LogP contribution < -0.4 is 5.32 Å². The molecule has 2 nitrogen and oxygen atoms in total. The monoisotopic (exact) mass is 272 g/mol. The molecule has 0 bridgehead atoms. The Hall–Kier alpha value is -0.860.